The minimum Gasteiger partial charge on any atom is -0.417 e. The number of ether oxygens (including phenoxy) is 1. The van der Waals surface area contributed by atoms with Crippen molar-refractivity contribution >= 4 is 11.8 Å². The van der Waals surface area contributed by atoms with E-state index in [1.54, 1.807) is 0 Å². The van der Waals surface area contributed by atoms with Crippen molar-refractivity contribution in [3.8, 4) is 0 Å². The molecule has 4 nitrogen and oxygen atoms in total. The Labute approximate surface area is 121 Å². The number of rotatable bonds is 1. The molecule has 7 heteroatoms. The van der Waals surface area contributed by atoms with Gasteiger partial charge in [-0.3, -0.25) is 4.98 Å². The fraction of sp³-hybridized carbons (Fsp3) is 0.571. The van der Waals surface area contributed by atoms with E-state index in [1.807, 2.05) is 0 Å². The molecule has 1 atom stereocenters. The first kappa shape index (κ1) is 15.8. The van der Waals surface area contributed by atoms with E-state index in [0.29, 0.717) is 18.5 Å². The Morgan fingerprint density at radius 3 is 2.71 bits per heavy atom. The van der Waals surface area contributed by atoms with Crippen LogP contribution in [0.2, 0.25) is 0 Å². The van der Waals surface area contributed by atoms with Gasteiger partial charge < -0.3 is 4.74 Å². The first-order chi connectivity index (χ1) is 9.79. The van der Waals surface area contributed by atoms with Crippen LogP contribution in [-0.4, -0.2) is 30.0 Å². The summed E-state index contributed by atoms with van der Waals surface area (Å²) in [7, 11) is 0. The molecule has 1 aromatic heterocycles. The maximum absolute atomic E-state index is 13.8. The molecule has 21 heavy (non-hydrogen) atoms. The Hall–Kier alpha value is -1.63. The van der Waals surface area contributed by atoms with E-state index in [9.17, 15) is 18.0 Å². The minimum absolute atomic E-state index is 0.117. The average Bonchev–Trinajstić information content (AvgIpc) is 2.57. The second kappa shape index (κ2) is 5.63. The lowest BCUT2D eigenvalue weighted by molar-refractivity contribution is -0.225. The Balaban J connectivity index is 2.62. The van der Waals surface area contributed by atoms with Crippen molar-refractivity contribution in [1.29, 1.82) is 0 Å². The SMILES string of the molecule is CC(C)OC(=O)[N+]1(C(F)(F)F)CCCCc2ncccc21. The molecule has 1 aromatic rings. The molecule has 0 fully saturated rings. The topological polar surface area (TPSA) is 39.2 Å². The quantitative estimate of drug-likeness (QED) is 0.585. The smallest absolute Gasteiger partial charge is 0.417 e. The van der Waals surface area contributed by atoms with Gasteiger partial charge in [0.05, 0.1) is 0 Å². The number of halogens is 3. The fourth-order valence-electron chi connectivity index (χ4n) is 2.58. The molecular weight excluding hydrogens is 285 g/mol. The number of amides is 1. The predicted molar refractivity (Wildman–Crippen MR) is 71.5 cm³/mol. The van der Waals surface area contributed by atoms with Crippen LogP contribution in [0.3, 0.4) is 0 Å². The van der Waals surface area contributed by atoms with Gasteiger partial charge in [0.25, 0.3) is 0 Å². The Bertz CT molecular complexity index is 531. The van der Waals surface area contributed by atoms with Gasteiger partial charge in [0.1, 0.15) is 18.3 Å². The zero-order chi connectivity index (χ0) is 15.7. The van der Waals surface area contributed by atoms with E-state index in [0.717, 1.165) is 0 Å². The average molecular weight is 303 g/mol. The summed E-state index contributed by atoms with van der Waals surface area (Å²) in [5.41, 5.74) is 0.196. The molecule has 1 aliphatic rings. The molecule has 0 saturated heterocycles. The van der Waals surface area contributed by atoms with Gasteiger partial charge in [0, 0.05) is 12.3 Å². The number of quaternary nitrogens is 1. The van der Waals surface area contributed by atoms with Crippen molar-refractivity contribution in [3.05, 3.63) is 24.0 Å². The lowest BCUT2D eigenvalue weighted by atomic mass is 10.2. The zero-order valence-corrected chi connectivity index (χ0v) is 12.0. The van der Waals surface area contributed by atoms with E-state index in [1.165, 1.54) is 32.2 Å². The third-order valence-electron chi connectivity index (χ3n) is 3.52. The van der Waals surface area contributed by atoms with Gasteiger partial charge in [-0.15, -0.1) is 13.2 Å². The van der Waals surface area contributed by atoms with Crippen LogP contribution in [0.15, 0.2) is 18.3 Å². The van der Waals surface area contributed by atoms with Crippen molar-refractivity contribution in [3.63, 3.8) is 0 Å². The van der Waals surface area contributed by atoms with Crippen LogP contribution in [-0.2, 0) is 11.2 Å². The second-order valence-corrected chi connectivity index (χ2v) is 5.36. The molecule has 2 heterocycles. The molecule has 0 aromatic carbocycles. The van der Waals surface area contributed by atoms with Crippen LogP contribution in [0, 0.1) is 0 Å². The monoisotopic (exact) mass is 303 g/mol. The molecule has 0 radical (unpaired) electrons. The number of aryl methyl sites for hydroxylation is 1. The number of carbonyl (C=O) groups excluding carboxylic acids is 1. The number of hydrogen-bond acceptors (Lipinski definition) is 3. The largest absolute Gasteiger partial charge is 0.576 e. The molecule has 0 spiro atoms. The molecule has 1 aliphatic heterocycles. The molecule has 0 saturated carbocycles. The van der Waals surface area contributed by atoms with Gasteiger partial charge in [-0.05, 0) is 39.2 Å². The van der Waals surface area contributed by atoms with Crippen LogP contribution in [0.5, 0.6) is 0 Å². The number of pyridine rings is 1. The highest BCUT2D eigenvalue weighted by Crippen LogP contribution is 2.42. The predicted octanol–water partition coefficient (Wildman–Crippen LogP) is 3.79. The maximum atomic E-state index is 13.8. The molecule has 0 N–H and O–H groups in total. The highest BCUT2D eigenvalue weighted by molar-refractivity contribution is 5.84. The van der Waals surface area contributed by atoms with E-state index in [2.05, 4.69) is 4.98 Å². The van der Waals surface area contributed by atoms with Gasteiger partial charge >= 0.3 is 12.4 Å². The van der Waals surface area contributed by atoms with Gasteiger partial charge in [-0.2, -0.15) is 4.79 Å². The normalized spacial score (nSPS) is 22.6. The summed E-state index contributed by atoms with van der Waals surface area (Å²) in [5, 5.41) is 0. The van der Waals surface area contributed by atoms with Crippen molar-refractivity contribution in [2.75, 3.05) is 6.54 Å². The third-order valence-corrected chi connectivity index (χ3v) is 3.52. The van der Waals surface area contributed by atoms with Crippen LogP contribution in [0.1, 0.15) is 32.4 Å². The summed E-state index contributed by atoms with van der Waals surface area (Å²) in [4.78, 5) is 16.3. The van der Waals surface area contributed by atoms with Crippen LogP contribution in [0.25, 0.3) is 0 Å². The van der Waals surface area contributed by atoms with E-state index in [4.69, 9.17) is 4.74 Å². The van der Waals surface area contributed by atoms with Gasteiger partial charge in [-0.25, -0.2) is 0 Å². The van der Waals surface area contributed by atoms with Crippen LogP contribution < -0.4 is 4.48 Å². The molecule has 1 amide bonds. The highest BCUT2D eigenvalue weighted by atomic mass is 19.4. The first-order valence-corrected chi connectivity index (χ1v) is 6.89. The van der Waals surface area contributed by atoms with Crippen LogP contribution in [0.4, 0.5) is 23.7 Å². The lowest BCUT2D eigenvalue weighted by Gasteiger charge is -2.34. The number of carbonyl (C=O) groups is 1. The van der Waals surface area contributed by atoms with Gasteiger partial charge in [0.15, 0.2) is 5.69 Å². The summed E-state index contributed by atoms with van der Waals surface area (Å²) in [6.07, 6.45) is -3.94. The summed E-state index contributed by atoms with van der Waals surface area (Å²) in [6, 6.07) is 2.74. The number of fused-ring (bicyclic) bond motifs is 1. The fourth-order valence-corrected chi connectivity index (χ4v) is 2.58. The second-order valence-electron chi connectivity index (χ2n) is 5.36. The number of alkyl halides is 3. The van der Waals surface area contributed by atoms with E-state index >= 15 is 0 Å². The maximum Gasteiger partial charge on any atom is 0.576 e. The van der Waals surface area contributed by atoms with Gasteiger partial charge in [-0.1, -0.05) is 4.48 Å². The molecule has 0 bridgehead atoms. The number of aromatic nitrogens is 1. The highest BCUT2D eigenvalue weighted by Gasteiger charge is 2.65. The van der Waals surface area contributed by atoms with Crippen molar-refractivity contribution in [2.45, 2.75) is 45.5 Å². The summed E-state index contributed by atoms with van der Waals surface area (Å²) in [6.45, 7) is 2.72. The van der Waals surface area contributed by atoms with Gasteiger partial charge in [0.2, 0.25) is 0 Å². The Morgan fingerprint density at radius 1 is 1.38 bits per heavy atom. The summed E-state index contributed by atoms with van der Waals surface area (Å²) < 4.78 is 44.5. The minimum atomic E-state index is -4.77. The molecule has 2 rings (SSSR count). The third kappa shape index (κ3) is 2.74. The lowest BCUT2D eigenvalue weighted by Crippen LogP contribution is -2.64. The number of nitrogens with zero attached hydrogens (tertiary/aromatic N) is 2. The standard InChI is InChI=1S/C14H18F3N2O2/c1-10(2)21-13(20)19(14(15,16)17)9-4-3-6-11-12(19)7-5-8-18-11/h5,7-8,10H,3-4,6,9H2,1-2H3/q+1. The molecular formula is C14H18F3N2O2+. The zero-order valence-electron chi connectivity index (χ0n) is 12.0. The van der Waals surface area contributed by atoms with Crippen molar-refractivity contribution in [2.24, 2.45) is 0 Å². The first-order valence-electron chi connectivity index (χ1n) is 6.89. The number of hydrogen-bond donors (Lipinski definition) is 0. The van der Waals surface area contributed by atoms with Crippen LogP contribution >= 0.6 is 0 Å². The summed E-state index contributed by atoms with van der Waals surface area (Å²) >= 11 is 0. The molecule has 116 valence electrons. The summed E-state index contributed by atoms with van der Waals surface area (Å²) in [5.74, 6) is 0. The van der Waals surface area contributed by atoms with E-state index in [-0.39, 0.29) is 18.7 Å². The molecule has 1 unspecified atom stereocenters. The van der Waals surface area contributed by atoms with Crippen molar-refractivity contribution in [1.82, 2.24) is 9.47 Å². The Kier molecular flexibility index (Phi) is 4.22. The Morgan fingerprint density at radius 2 is 2.10 bits per heavy atom. The van der Waals surface area contributed by atoms with Crippen molar-refractivity contribution < 1.29 is 22.7 Å². The van der Waals surface area contributed by atoms with E-state index < -0.39 is 23.0 Å². The molecule has 0 aliphatic carbocycles.